The molecule has 0 atom stereocenters. The summed E-state index contributed by atoms with van der Waals surface area (Å²) in [5, 5.41) is 1.86. The summed E-state index contributed by atoms with van der Waals surface area (Å²) in [4.78, 5) is 18.9. The fourth-order valence-corrected chi connectivity index (χ4v) is 2.78. The number of amides is 1. The first-order valence-electron chi connectivity index (χ1n) is 7.37. The summed E-state index contributed by atoms with van der Waals surface area (Å²) < 4.78 is 11.0. The van der Waals surface area contributed by atoms with Gasteiger partial charge in [0.05, 0.1) is 19.3 Å². The van der Waals surface area contributed by atoms with Crippen molar-refractivity contribution in [2.45, 2.75) is 19.4 Å². The number of aromatic nitrogens is 1. The number of methoxy groups -OCH3 is 1. The minimum absolute atomic E-state index is 0.0829. The maximum Gasteiger partial charge on any atom is 0.272 e. The predicted octanol–water partition coefficient (Wildman–Crippen LogP) is 2.49. The van der Waals surface area contributed by atoms with E-state index in [-0.39, 0.29) is 11.5 Å². The van der Waals surface area contributed by atoms with Gasteiger partial charge in [0.15, 0.2) is 0 Å². The maximum atomic E-state index is 12.8. The van der Waals surface area contributed by atoms with Gasteiger partial charge in [-0.25, -0.2) is 4.98 Å². The summed E-state index contributed by atoms with van der Waals surface area (Å²) in [5.41, 5.74) is 0.0859. The first-order chi connectivity index (χ1) is 10.5. The molecule has 1 aliphatic rings. The van der Waals surface area contributed by atoms with Crippen LogP contribution in [0.25, 0.3) is 10.8 Å². The Balaban J connectivity index is 1.97. The molecule has 0 spiro atoms. The van der Waals surface area contributed by atoms with Gasteiger partial charge in [-0.3, -0.25) is 4.79 Å². The van der Waals surface area contributed by atoms with E-state index in [1.54, 1.807) is 12.0 Å². The Kier molecular flexibility index (Phi) is 3.74. The van der Waals surface area contributed by atoms with Crippen LogP contribution in [0.4, 0.5) is 0 Å². The molecule has 0 aliphatic carbocycles. The highest BCUT2D eigenvalue weighted by Gasteiger charge is 2.31. The quantitative estimate of drug-likeness (QED) is 0.855. The third-order valence-corrected chi connectivity index (χ3v) is 3.83. The zero-order valence-electron chi connectivity index (χ0n) is 13.1. The molecule has 1 fully saturated rings. The van der Waals surface area contributed by atoms with Crippen LogP contribution in [0.5, 0.6) is 5.88 Å². The highest BCUT2D eigenvalue weighted by Crippen LogP contribution is 2.25. The van der Waals surface area contributed by atoms with Crippen molar-refractivity contribution in [2.24, 2.45) is 0 Å². The van der Waals surface area contributed by atoms with E-state index < -0.39 is 0 Å². The third kappa shape index (κ3) is 2.76. The fourth-order valence-electron chi connectivity index (χ4n) is 2.78. The zero-order chi connectivity index (χ0) is 15.7. The molecule has 116 valence electrons. The molecule has 2 heterocycles. The summed E-state index contributed by atoms with van der Waals surface area (Å²) in [5.74, 6) is 0.398. The number of nitrogens with zero attached hydrogens (tertiary/aromatic N) is 2. The van der Waals surface area contributed by atoms with Gasteiger partial charge in [-0.1, -0.05) is 18.2 Å². The fraction of sp³-hybridized carbons (Fsp3) is 0.412. The molecule has 1 saturated heterocycles. The average molecular weight is 300 g/mol. The number of morpholine rings is 1. The lowest BCUT2D eigenvalue weighted by Crippen LogP contribution is -2.50. The van der Waals surface area contributed by atoms with Gasteiger partial charge >= 0.3 is 0 Å². The Labute approximate surface area is 129 Å². The van der Waals surface area contributed by atoms with Gasteiger partial charge in [-0.2, -0.15) is 0 Å². The highest BCUT2D eigenvalue weighted by atomic mass is 16.5. The molecule has 0 unspecified atom stereocenters. The molecule has 3 rings (SSSR count). The minimum Gasteiger partial charge on any atom is -0.481 e. The number of pyridine rings is 1. The lowest BCUT2D eigenvalue weighted by Gasteiger charge is -2.38. The van der Waals surface area contributed by atoms with E-state index in [0.29, 0.717) is 31.3 Å². The van der Waals surface area contributed by atoms with Gasteiger partial charge in [0.1, 0.15) is 5.69 Å². The second-order valence-corrected chi connectivity index (χ2v) is 6.07. The van der Waals surface area contributed by atoms with Crippen molar-refractivity contribution < 1.29 is 14.3 Å². The molecule has 1 aliphatic heterocycles. The van der Waals surface area contributed by atoms with Gasteiger partial charge < -0.3 is 14.4 Å². The van der Waals surface area contributed by atoms with Crippen molar-refractivity contribution in [3.05, 3.63) is 36.0 Å². The molecule has 5 nitrogen and oxygen atoms in total. The van der Waals surface area contributed by atoms with Crippen molar-refractivity contribution in [1.29, 1.82) is 0 Å². The molecule has 1 aromatic heterocycles. The second kappa shape index (κ2) is 5.57. The molecule has 2 aromatic rings. The number of rotatable bonds is 2. The van der Waals surface area contributed by atoms with Crippen LogP contribution < -0.4 is 4.74 Å². The molecule has 0 bridgehead atoms. The van der Waals surface area contributed by atoms with E-state index in [1.807, 2.05) is 44.2 Å². The average Bonchev–Trinajstić information content (AvgIpc) is 2.52. The van der Waals surface area contributed by atoms with E-state index in [4.69, 9.17) is 9.47 Å². The van der Waals surface area contributed by atoms with Gasteiger partial charge in [-0.15, -0.1) is 0 Å². The maximum absolute atomic E-state index is 12.8. The standard InChI is InChI=1S/C17H20N2O3/c1-17(2)11-19(8-9-22-17)16(20)14-10-12-6-4-5-7-13(12)15(18-14)21-3/h4-7,10H,8-9,11H2,1-3H3. The van der Waals surface area contributed by atoms with Gasteiger partial charge in [-0.05, 0) is 31.4 Å². The molecule has 1 amide bonds. The lowest BCUT2D eigenvalue weighted by atomic mass is 10.1. The number of hydrogen-bond acceptors (Lipinski definition) is 4. The molecular weight excluding hydrogens is 280 g/mol. The molecule has 0 N–H and O–H groups in total. The summed E-state index contributed by atoms with van der Waals surface area (Å²) >= 11 is 0. The topological polar surface area (TPSA) is 51.7 Å². The third-order valence-electron chi connectivity index (χ3n) is 3.83. The Morgan fingerprint density at radius 2 is 2.14 bits per heavy atom. The van der Waals surface area contributed by atoms with E-state index in [9.17, 15) is 4.79 Å². The van der Waals surface area contributed by atoms with Crippen molar-refractivity contribution in [3.8, 4) is 5.88 Å². The van der Waals surface area contributed by atoms with E-state index in [2.05, 4.69) is 4.98 Å². The largest absolute Gasteiger partial charge is 0.481 e. The Morgan fingerprint density at radius 3 is 2.86 bits per heavy atom. The molecule has 0 saturated carbocycles. The summed E-state index contributed by atoms with van der Waals surface area (Å²) in [6.45, 7) is 5.66. The zero-order valence-corrected chi connectivity index (χ0v) is 13.1. The normalized spacial score (nSPS) is 17.5. The monoisotopic (exact) mass is 300 g/mol. The molecule has 1 aromatic carbocycles. The van der Waals surface area contributed by atoms with Crippen LogP contribution in [0.2, 0.25) is 0 Å². The number of hydrogen-bond donors (Lipinski definition) is 0. The van der Waals surface area contributed by atoms with Gasteiger partial charge in [0, 0.05) is 18.5 Å². The number of ether oxygens (including phenoxy) is 2. The van der Waals surface area contributed by atoms with Gasteiger partial charge in [0.2, 0.25) is 5.88 Å². The molecule has 22 heavy (non-hydrogen) atoms. The Bertz CT molecular complexity index is 712. The van der Waals surface area contributed by atoms with Crippen LogP contribution in [-0.4, -0.2) is 48.2 Å². The van der Waals surface area contributed by atoms with Crippen LogP contribution in [0.1, 0.15) is 24.3 Å². The lowest BCUT2D eigenvalue weighted by molar-refractivity contribution is -0.0765. The number of carbonyl (C=O) groups is 1. The Hall–Kier alpha value is -2.14. The van der Waals surface area contributed by atoms with Gasteiger partial charge in [0.25, 0.3) is 5.91 Å². The van der Waals surface area contributed by atoms with Crippen molar-refractivity contribution in [2.75, 3.05) is 26.8 Å². The number of carbonyl (C=O) groups excluding carboxylic acids is 1. The summed E-state index contributed by atoms with van der Waals surface area (Å²) in [6.07, 6.45) is 0. The van der Waals surface area contributed by atoms with Crippen LogP contribution in [0.15, 0.2) is 30.3 Å². The number of fused-ring (bicyclic) bond motifs is 1. The summed E-state index contributed by atoms with van der Waals surface area (Å²) in [6, 6.07) is 9.59. The molecule has 5 heteroatoms. The van der Waals surface area contributed by atoms with E-state index in [1.165, 1.54) is 0 Å². The van der Waals surface area contributed by atoms with Crippen LogP contribution in [0.3, 0.4) is 0 Å². The van der Waals surface area contributed by atoms with E-state index in [0.717, 1.165) is 10.8 Å². The van der Waals surface area contributed by atoms with Crippen LogP contribution in [0, 0.1) is 0 Å². The SMILES string of the molecule is COc1nc(C(=O)N2CCOC(C)(C)C2)cc2ccccc12. The first-order valence-corrected chi connectivity index (χ1v) is 7.37. The second-order valence-electron chi connectivity index (χ2n) is 6.07. The molecule has 0 radical (unpaired) electrons. The predicted molar refractivity (Wildman–Crippen MR) is 84.2 cm³/mol. The van der Waals surface area contributed by atoms with Crippen molar-refractivity contribution >= 4 is 16.7 Å². The van der Waals surface area contributed by atoms with E-state index >= 15 is 0 Å². The Morgan fingerprint density at radius 1 is 1.36 bits per heavy atom. The minimum atomic E-state index is -0.325. The van der Waals surface area contributed by atoms with Crippen molar-refractivity contribution in [3.63, 3.8) is 0 Å². The summed E-state index contributed by atoms with van der Waals surface area (Å²) in [7, 11) is 1.57. The molecular formula is C17H20N2O3. The van der Waals surface area contributed by atoms with Crippen molar-refractivity contribution in [1.82, 2.24) is 9.88 Å². The first kappa shape index (κ1) is 14.8. The highest BCUT2D eigenvalue weighted by molar-refractivity contribution is 5.98. The van der Waals surface area contributed by atoms with Crippen LogP contribution in [-0.2, 0) is 4.74 Å². The smallest absolute Gasteiger partial charge is 0.272 e. The number of benzene rings is 1. The van der Waals surface area contributed by atoms with Crippen LogP contribution >= 0.6 is 0 Å².